The first-order chi connectivity index (χ1) is 8.67. The number of carbonyl (C=O) groups is 1. The maximum atomic E-state index is 11.2. The quantitative estimate of drug-likeness (QED) is 0.722. The number of esters is 1. The molecule has 1 aromatic carbocycles. The van der Waals surface area contributed by atoms with E-state index in [1.807, 2.05) is 12.1 Å². The second kappa shape index (κ2) is 7.84. The molecular formula is C14H21NO3. The number of benzene rings is 1. The van der Waals surface area contributed by atoms with Crippen LogP contribution in [0.3, 0.4) is 0 Å². The second-order valence-corrected chi connectivity index (χ2v) is 4.44. The number of carbonyl (C=O) groups excluding carboxylic acids is 1. The number of rotatable bonds is 7. The summed E-state index contributed by atoms with van der Waals surface area (Å²) in [5.74, 6) is 0.149. The summed E-state index contributed by atoms with van der Waals surface area (Å²) in [5.41, 5.74) is 1.69. The molecule has 0 radical (unpaired) electrons. The Hall–Kier alpha value is -1.39. The van der Waals surface area contributed by atoms with Crippen molar-refractivity contribution in [2.75, 3.05) is 20.3 Å². The van der Waals surface area contributed by atoms with Gasteiger partial charge in [0.25, 0.3) is 0 Å². The molecule has 4 heteroatoms. The average Bonchev–Trinajstić information content (AvgIpc) is 2.39. The van der Waals surface area contributed by atoms with Gasteiger partial charge >= 0.3 is 5.97 Å². The summed E-state index contributed by atoms with van der Waals surface area (Å²) in [5, 5.41) is 12.1. The fourth-order valence-corrected chi connectivity index (χ4v) is 1.66. The van der Waals surface area contributed by atoms with Gasteiger partial charge in [-0.1, -0.05) is 19.1 Å². The molecule has 1 atom stereocenters. The number of aliphatic hydroxyl groups excluding tert-OH is 1. The molecule has 100 valence electrons. The van der Waals surface area contributed by atoms with E-state index >= 15 is 0 Å². The lowest BCUT2D eigenvalue weighted by Crippen LogP contribution is -2.21. The maximum absolute atomic E-state index is 11.2. The third-order valence-electron chi connectivity index (χ3n) is 2.82. The van der Waals surface area contributed by atoms with Crippen molar-refractivity contribution in [1.29, 1.82) is 0 Å². The van der Waals surface area contributed by atoms with Crippen molar-refractivity contribution < 1.29 is 14.6 Å². The van der Waals surface area contributed by atoms with Crippen molar-refractivity contribution in [3.8, 4) is 0 Å². The van der Waals surface area contributed by atoms with Crippen molar-refractivity contribution in [2.45, 2.75) is 19.9 Å². The predicted molar refractivity (Wildman–Crippen MR) is 70.4 cm³/mol. The highest BCUT2D eigenvalue weighted by Crippen LogP contribution is 2.06. The molecule has 0 fully saturated rings. The van der Waals surface area contributed by atoms with Crippen LogP contribution in [0, 0.1) is 5.92 Å². The Morgan fingerprint density at radius 3 is 2.61 bits per heavy atom. The Balaban J connectivity index is 2.37. The summed E-state index contributed by atoms with van der Waals surface area (Å²) < 4.78 is 4.64. The normalized spacial score (nSPS) is 12.2. The minimum Gasteiger partial charge on any atom is -0.465 e. The number of aliphatic hydroxyl groups is 1. The Bertz CT molecular complexity index is 362. The summed E-state index contributed by atoms with van der Waals surface area (Å²) in [4.78, 5) is 11.2. The highest BCUT2D eigenvalue weighted by molar-refractivity contribution is 5.89. The molecule has 0 saturated carbocycles. The van der Waals surface area contributed by atoms with E-state index in [1.165, 1.54) is 7.11 Å². The van der Waals surface area contributed by atoms with Gasteiger partial charge in [0, 0.05) is 13.2 Å². The number of methoxy groups -OCH3 is 1. The molecule has 2 N–H and O–H groups in total. The summed E-state index contributed by atoms with van der Waals surface area (Å²) in [6.45, 7) is 3.97. The molecular weight excluding hydrogens is 230 g/mol. The molecule has 0 aliphatic carbocycles. The molecule has 0 bridgehead atoms. The molecule has 0 saturated heterocycles. The van der Waals surface area contributed by atoms with Gasteiger partial charge in [-0.3, -0.25) is 0 Å². The second-order valence-electron chi connectivity index (χ2n) is 4.44. The lowest BCUT2D eigenvalue weighted by atomic mass is 10.1. The monoisotopic (exact) mass is 251 g/mol. The van der Waals surface area contributed by atoms with E-state index in [4.69, 9.17) is 5.11 Å². The average molecular weight is 251 g/mol. The van der Waals surface area contributed by atoms with Crippen LogP contribution in [0.2, 0.25) is 0 Å². The molecule has 0 amide bonds. The smallest absolute Gasteiger partial charge is 0.337 e. The Kier molecular flexibility index (Phi) is 6.39. The van der Waals surface area contributed by atoms with Crippen LogP contribution in [0.5, 0.6) is 0 Å². The number of ether oxygens (including phenoxy) is 1. The van der Waals surface area contributed by atoms with Crippen molar-refractivity contribution in [2.24, 2.45) is 5.92 Å². The molecule has 0 aliphatic heterocycles. The van der Waals surface area contributed by atoms with Crippen LogP contribution in [0.15, 0.2) is 24.3 Å². The van der Waals surface area contributed by atoms with Gasteiger partial charge in [-0.25, -0.2) is 4.79 Å². The highest BCUT2D eigenvalue weighted by Gasteiger charge is 2.04. The van der Waals surface area contributed by atoms with Crippen molar-refractivity contribution >= 4 is 5.97 Å². The number of hydrogen-bond acceptors (Lipinski definition) is 4. The zero-order valence-electron chi connectivity index (χ0n) is 11.0. The third-order valence-corrected chi connectivity index (χ3v) is 2.82. The maximum Gasteiger partial charge on any atom is 0.337 e. The molecule has 0 aliphatic rings. The molecule has 1 unspecified atom stereocenters. The van der Waals surface area contributed by atoms with E-state index in [9.17, 15) is 4.79 Å². The summed E-state index contributed by atoms with van der Waals surface area (Å²) in [7, 11) is 1.38. The molecule has 0 aromatic heterocycles. The van der Waals surface area contributed by atoms with Crippen LogP contribution in [-0.4, -0.2) is 31.3 Å². The molecule has 18 heavy (non-hydrogen) atoms. The predicted octanol–water partition coefficient (Wildman–Crippen LogP) is 1.58. The molecule has 1 rings (SSSR count). The SMILES string of the molecule is COC(=O)c1ccc(CNCC(C)CCO)cc1. The fourth-order valence-electron chi connectivity index (χ4n) is 1.66. The minimum absolute atomic E-state index is 0.233. The van der Waals surface area contributed by atoms with E-state index in [-0.39, 0.29) is 12.6 Å². The zero-order chi connectivity index (χ0) is 13.4. The largest absolute Gasteiger partial charge is 0.465 e. The van der Waals surface area contributed by atoms with Crippen LogP contribution in [0.25, 0.3) is 0 Å². The van der Waals surface area contributed by atoms with E-state index in [2.05, 4.69) is 17.0 Å². The topological polar surface area (TPSA) is 58.6 Å². The van der Waals surface area contributed by atoms with Crippen molar-refractivity contribution in [1.82, 2.24) is 5.32 Å². The van der Waals surface area contributed by atoms with Crippen LogP contribution in [0.4, 0.5) is 0 Å². The van der Waals surface area contributed by atoms with Crippen LogP contribution in [-0.2, 0) is 11.3 Å². The standard InChI is InChI=1S/C14H21NO3/c1-11(7-8-16)9-15-10-12-3-5-13(6-4-12)14(17)18-2/h3-6,11,15-16H,7-10H2,1-2H3. The van der Waals surface area contributed by atoms with Gasteiger partial charge in [0.1, 0.15) is 0 Å². The first-order valence-electron chi connectivity index (χ1n) is 6.16. The number of nitrogens with one attached hydrogen (secondary N) is 1. The van der Waals surface area contributed by atoms with Crippen LogP contribution in [0.1, 0.15) is 29.3 Å². The highest BCUT2D eigenvalue weighted by atomic mass is 16.5. The Morgan fingerprint density at radius 2 is 2.06 bits per heavy atom. The third kappa shape index (κ3) is 4.85. The van der Waals surface area contributed by atoms with E-state index < -0.39 is 0 Å². The first-order valence-corrected chi connectivity index (χ1v) is 6.16. The van der Waals surface area contributed by atoms with E-state index in [0.717, 1.165) is 25.1 Å². The summed E-state index contributed by atoms with van der Waals surface area (Å²) in [6.07, 6.45) is 0.814. The van der Waals surface area contributed by atoms with Crippen molar-refractivity contribution in [3.05, 3.63) is 35.4 Å². The van der Waals surface area contributed by atoms with Crippen LogP contribution >= 0.6 is 0 Å². The van der Waals surface area contributed by atoms with Gasteiger partial charge in [0.05, 0.1) is 12.7 Å². The summed E-state index contributed by atoms with van der Waals surface area (Å²) >= 11 is 0. The van der Waals surface area contributed by atoms with Crippen molar-refractivity contribution in [3.63, 3.8) is 0 Å². The summed E-state index contributed by atoms with van der Waals surface area (Å²) in [6, 6.07) is 7.35. The van der Waals surface area contributed by atoms with Gasteiger partial charge < -0.3 is 15.2 Å². The van der Waals surface area contributed by atoms with Gasteiger partial charge in [-0.05, 0) is 36.6 Å². The lowest BCUT2D eigenvalue weighted by Gasteiger charge is -2.11. The molecule has 0 heterocycles. The molecule has 1 aromatic rings. The van der Waals surface area contributed by atoms with Gasteiger partial charge in [-0.2, -0.15) is 0 Å². The van der Waals surface area contributed by atoms with Gasteiger partial charge in [-0.15, -0.1) is 0 Å². The van der Waals surface area contributed by atoms with E-state index in [0.29, 0.717) is 11.5 Å². The van der Waals surface area contributed by atoms with Gasteiger partial charge in [0.15, 0.2) is 0 Å². The lowest BCUT2D eigenvalue weighted by molar-refractivity contribution is 0.0600. The fraction of sp³-hybridized carbons (Fsp3) is 0.500. The minimum atomic E-state index is -0.314. The zero-order valence-corrected chi connectivity index (χ0v) is 11.0. The molecule has 0 spiro atoms. The van der Waals surface area contributed by atoms with E-state index in [1.54, 1.807) is 12.1 Å². The number of hydrogen-bond donors (Lipinski definition) is 2. The molecule has 4 nitrogen and oxygen atoms in total. The Labute approximate surface area is 108 Å². The van der Waals surface area contributed by atoms with Gasteiger partial charge in [0.2, 0.25) is 0 Å². The Morgan fingerprint density at radius 1 is 1.39 bits per heavy atom. The van der Waals surface area contributed by atoms with Crippen LogP contribution < -0.4 is 5.32 Å². The first kappa shape index (κ1) is 14.7.